The summed E-state index contributed by atoms with van der Waals surface area (Å²) in [6, 6.07) is 10.7. The smallest absolute Gasteiger partial charge is 0.270 e. The molecular formula is C19H25N5O5S2. The predicted octanol–water partition coefficient (Wildman–Crippen LogP) is 3.34. The molecule has 3 N–H and O–H groups in total. The molecule has 31 heavy (non-hydrogen) atoms. The lowest BCUT2D eigenvalue weighted by atomic mass is 10.3. The van der Waals surface area contributed by atoms with Gasteiger partial charge >= 0.3 is 0 Å². The Balaban J connectivity index is 2.20. The number of ether oxygens (including phenoxy) is 1. The zero-order chi connectivity index (χ0) is 23.0. The van der Waals surface area contributed by atoms with Gasteiger partial charge in [0.15, 0.2) is 5.11 Å². The summed E-state index contributed by atoms with van der Waals surface area (Å²) in [6.07, 6.45) is 0. The second-order valence-electron chi connectivity index (χ2n) is 6.19. The first-order valence-electron chi connectivity index (χ1n) is 9.57. The zero-order valence-corrected chi connectivity index (χ0v) is 19.0. The highest BCUT2D eigenvalue weighted by molar-refractivity contribution is 7.89. The predicted molar refractivity (Wildman–Crippen MR) is 124 cm³/mol. The van der Waals surface area contributed by atoms with Crippen LogP contribution in [0.25, 0.3) is 0 Å². The number of nitrogens with one attached hydrogen (secondary N) is 3. The summed E-state index contributed by atoms with van der Waals surface area (Å²) in [5, 5.41) is 14.3. The molecule has 0 heterocycles. The number of nitro groups is 1. The van der Waals surface area contributed by atoms with E-state index in [4.69, 9.17) is 17.0 Å². The SMILES string of the molecule is CCOc1ccc(NC(=S)NNc2ccc([N+](=O)[O-])cc2S(=O)(=O)N(CC)CC)cc1. The minimum atomic E-state index is -3.96. The topological polar surface area (TPSA) is 126 Å². The van der Waals surface area contributed by atoms with Crippen molar-refractivity contribution in [2.75, 3.05) is 30.4 Å². The van der Waals surface area contributed by atoms with Gasteiger partial charge in [-0.15, -0.1) is 0 Å². The number of hydrogen-bond donors (Lipinski definition) is 3. The third-order valence-electron chi connectivity index (χ3n) is 4.23. The van der Waals surface area contributed by atoms with Crippen molar-refractivity contribution in [1.82, 2.24) is 9.73 Å². The number of benzene rings is 2. The summed E-state index contributed by atoms with van der Waals surface area (Å²) in [5.41, 5.74) is 5.95. The summed E-state index contributed by atoms with van der Waals surface area (Å²) >= 11 is 5.24. The van der Waals surface area contributed by atoms with Gasteiger partial charge in [0, 0.05) is 30.9 Å². The second kappa shape index (κ2) is 10.9. The molecular weight excluding hydrogens is 442 g/mol. The molecule has 0 aliphatic rings. The van der Waals surface area contributed by atoms with Crippen molar-refractivity contribution in [3.8, 4) is 5.75 Å². The molecule has 0 unspecified atom stereocenters. The number of nitrogens with zero attached hydrogens (tertiary/aromatic N) is 2. The van der Waals surface area contributed by atoms with Crippen LogP contribution in [0.1, 0.15) is 20.8 Å². The van der Waals surface area contributed by atoms with Crippen molar-refractivity contribution >= 4 is 44.4 Å². The van der Waals surface area contributed by atoms with E-state index in [2.05, 4.69) is 16.2 Å². The standard InChI is InChI=1S/C19H25N5O5S2/c1-4-23(5-2)31(27,28)18-13-15(24(25)26)9-12-17(18)21-22-19(30)20-14-7-10-16(11-8-14)29-6-3/h7-13,21H,4-6H2,1-3H3,(H2,20,22,30). The van der Waals surface area contributed by atoms with E-state index in [-0.39, 0.29) is 34.5 Å². The van der Waals surface area contributed by atoms with Crippen molar-refractivity contribution in [3.63, 3.8) is 0 Å². The van der Waals surface area contributed by atoms with E-state index in [0.717, 1.165) is 11.8 Å². The van der Waals surface area contributed by atoms with Gasteiger partial charge in [0.2, 0.25) is 10.0 Å². The van der Waals surface area contributed by atoms with Crippen molar-refractivity contribution in [1.29, 1.82) is 0 Å². The molecule has 0 aromatic heterocycles. The van der Waals surface area contributed by atoms with E-state index in [9.17, 15) is 18.5 Å². The normalized spacial score (nSPS) is 11.1. The molecule has 0 aliphatic heterocycles. The monoisotopic (exact) mass is 467 g/mol. The molecule has 2 rings (SSSR count). The molecule has 0 aliphatic carbocycles. The third kappa shape index (κ3) is 6.26. The van der Waals surface area contributed by atoms with Crippen LogP contribution in [0.5, 0.6) is 5.75 Å². The molecule has 0 radical (unpaired) electrons. The van der Waals surface area contributed by atoms with E-state index in [1.54, 1.807) is 38.1 Å². The number of non-ortho nitro benzene ring substituents is 1. The minimum Gasteiger partial charge on any atom is -0.494 e. The lowest BCUT2D eigenvalue weighted by Gasteiger charge is -2.21. The van der Waals surface area contributed by atoms with Gasteiger partial charge in [-0.3, -0.25) is 21.0 Å². The third-order valence-corrected chi connectivity index (χ3v) is 6.53. The first-order chi connectivity index (χ1) is 14.7. The van der Waals surface area contributed by atoms with E-state index in [0.29, 0.717) is 12.3 Å². The highest BCUT2D eigenvalue weighted by Crippen LogP contribution is 2.28. The number of sulfonamides is 1. The lowest BCUT2D eigenvalue weighted by molar-refractivity contribution is -0.385. The largest absolute Gasteiger partial charge is 0.494 e. The fraction of sp³-hybridized carbons (Fsp3) is 0.316. The van der Waals surface area contributed by atoms with Crippen molar-refractivity contribution in [2.45, 2.75) is 25.7 Å². The van der Waals surface area contributed by atoms with Gasteiger partial charge in [-0.25, -0.2) is 8.42 Å². The Morgan fingerprint density at radius 2 is 1.77 bits per heavy atom. The van der Waals surface area contributed by atoms with Crippen LogP contribution < -0.4 is 20.9 Å². The van der Waals surface area contributed by atoms with Gasteiger partial charge in [-0.1, -0.05) is 13.8 Å². The Kier molecular flexibility index (Phi) is 8.54. The van der Waals surface area contributed by atoms with Gasteiger partial charge < -0.3 is 10.1 Å². The van der Waals surface area contributed by atoms with Crippen LogP contribution in [0, 0.1) is 10.1 Å². The van der Waals surface area contributed by atoms with Gasteiger partial charge in [-0.05, 0) is 49.5 Å². The number of anilines is 2. The first-order valence-corrected chi connectivity index (χ1v) is 11.4. The summed E-state index contributed by atoms with van der Waals surface area (Å²) in [5.74, 6) is 0.724. The minimum absolute atomic E-state index is 0.133. The second-order valence-corrected chi connectivity index (χ2v) is 8.50. The van der Waals surface area contributed by atoms with Crippen LogP contribution >= 0.6 is 12.2 Å². The van der Waals surface area contributed by atoms with E-state index in [1.165, 1.54) is 16.4 Å². The molecule has 0 saturated carbocycles. The summed E-state index contributed by atoms with van der Waals surface area (Å²) in [6.45, 7) is 6.30. The molecule has 2 aromatic rings. The highest BCUT2D eigenvalue weighted by atomic mass is 32.2. The fourth-order valence-corrected chi connectivity index (χ4v) is 4.53. The summed E-state index contributed by atoms with van der Waals surface area (Å²) < 4.78 is 32.6. The Bertz CT molecular complexity index is 1020. The van der Waals surface area contributed by atoms with Gasteiger partial charge in [0.25, 0.3) is 5.69 Å². The maximum absolute atomic E-state index is 13.0. The molecule has 0 bridgehead atoms. The average Bonchev–Trinajstić information content (AvgIpc) is 2.74. The van der Waals surface area contributed by atoms with Gasteiger partial charge in [0.1, 0.15) is 10.6 Å². The summed E-state index contributed by atoms with van der Waals surface area (Å²) in [4.78, 5) is 10.3. The van der Waals surface area contributed by atoms with E-state index >= 15 is 0 Å². The van der Waals surface area contributed by atoms with Gasteiger partial charge in [-0.2, -0.15) is 4.31 Å². The van der Waals surface area contributed by atoms with E-state index < -0.39 is 14.9 Å². The number of rotatable bonds is 10. The highest BCUT2D eigenvalue weighted by Gasteiger charge is 2.27. The first kappa shape index (κ1) is 24.3. The number of hydrazine groups is 1. The number of hydrogen-bond acceptors (Lipinski definition) is 7. The Morgan fingerprint density at radius 3 is 2.32 bits per heavy atom. The molecule has 0 spiro atoms. The molecule has 0 amide bonds. The zero-order valence-electron chi connectivity index (χ0n) is 17.4. The van der Waals surface area contributed by atoms with Gasteiger partial charge in [0.05, 0.1) is 17.2 Å². The maximum Gasteiger partial charge on any atom is 0.270 e. The average molecular weight is 468 g/mol. The summed E-state index contributed by atoms with van der Waals surface area (Å²) in [7, 11) is -3.96. The van der Waals surface area contributed by atoms with Crippen LogP contribution in [0.4, 0.5) is 17.1 Å². The molecule has 0 saturated heterocycles. The Labute approximate surface area is 186 Å². The fourth-order valence-electron chi connectivity index (χ4n) is 2.73. The molecule has 168 valence electrons. The van der Waals surface area contributed by atoms with Crippen LogP contribution in [-0.4, -0.2) is 42.5 Å². The van der Waals surface area contributed by atoms with Crippen molar-refractivity contribution in [3.05, 3.63) is 52.6 Å². The quantitative estimate of drug-likeness (QED) is 0.274. The Morgan fingerprint density at radius 1 is 1.13 bits per heavy atom. The number of thiocarbonyl (C=S) groups is 1. The van der Waals surface area contributed by atoms with Crippen LogP contribution in [-0.2, 0) is 10.0 Å². The Hall–Kier alpha value is -2.96. The van der Waals surface area contributed by atoms with Crippen LogP contribution in [0.2, 0.25) is 0 Å². The van der Waals surface area contributed by atoms with Crippen LogP contribution in [0.3, 0.4) is 0 Å². The number of nitro benzene ring substituents is 1. The van der Waals surface area contributed by atoms with E-state index in [1.807, 2.05) is 6.92 Å². The maximum atomic E-state index is 13.0. The molecule has 10 nitrogen and oxygen atoms in total. The lowest BCUT2D eigenvalue weighted by Crippen LogP contribution is -2.35. The molecule has 2 aromatic carbocycles. The van der Waals surface area contributed by atoms with Crippen LogP contribution in [0.15, 0.2) is 47.4 Å². The molecule has 0 fully saturated rings. The van der Waals surface area contributed by atoms with Crippen molar-refractivity contribution < 1.29 is 18.1 Å². The molecule has 0 atom stereocenters. The van der Waals surface area contributed by atoms with Crippen molar-refractivity contribution in [2.24, 2.45) is 0 Å². The molecule has 12 heteroatoms.